The number of ketones is 1. The van der Waals surface area contributed by atoms with Gasteiger partial charge in [-0.1, -0.05) is 30.5 Å². The molecule has 1 aromatic carbocycles. The highest BCUT2D eigenvalue weighted by Gasteiger charge is 2.36. The summed E-state index contributed by atoms with van der Waals surface area (Å²) in [7, 11) is 0. The molecule has 0 saturated heterocycles. The molecule has 0 spiro atoms. The van der Waals surface area contributed by atoms with E-state index in [9.17, 15) is 14.7 Å². The van der Waals surface area contributed by atoms with Crippen molar-refractivity contribution in [2.75, 3.05) is 0 Å². The molecule has 3 nitrogen and oxygen atoms in total. The fourth-order valence-corrected chi connectivity index (χ4v) is 2.94. The van der Waals surface area contributed by atoms with Gasteiger partial charge in [0.15, 0.2) is 5.78 Å². The van der Waals surface area contributed by atoms with Crippen LogP contribution in [0.4, 0.5) is 0 Å². The second-order valence-electron chi connectivity index (χ2n) is 5.52. The maximum Gasteiger partial charge on any atom is 0.307 e. The van der Waals surface area contributed by atoms with Crippen molar-refractivity contribution in [3.8, 4) is 0 Å². The molecule has 0 aromatic heterocycles. The molecular weight excluding hydrogens is 240 g/mol. The highest BCUT2D eigenvalue weighted by molar-refractivity contribution is 6.01. The van der Waals surface area contributed by atoms with Gasteiger partial charge in [0.25, 0.3) is 0 Å². The zero-order valence-corrected chi connectivity index (χ0v) is 11.5. The lowest BCUT2D eigenvalue weighted by Crippen LogP contribution is -2.33. The number of aryl methyl sites for hydroxylation is 2. The Morgan fingerprint density at radius 3 is 2.37 bits per heavy atom. The monoisotopic (exact) mass is 260 g/mol. The van der Waals surface area contributed by atoms with Crippen molar-refractivity contribution in [2.45, 2.75) is 39.5 Å². The summed E-state index contributed by atoms with van der Waals surface area (Å²) in [4.78, 5) is 23.9. The van der Waals surface area contributed by atoms with Crippen molar-refractivity contribution >= 4 is 11.8 Å². The Kier molecular flexibility index (Phi) is 4.03. The van der Waals surface area contributed by atoms with Crippen LogP contribution in [0.15, 0.2) is 18.2 Å². The molecule has 0 radical (unpaired) electrons. The summed E-state index contributed by atoms with van der Waals surface area (Å²) < 4.78 is 0. The van der Waals surface area contributed by atoms with E-state index in [2.05, 4.69) is 0 Å². The highest BCUT2D eigenvalue weighted by atomic mass is 16.4. The van der Waals surface area contributed by atoms with E-state index in [0.717, 1.165) is 24.0 Å². The van der Waals surface area contributed by atoms with Crippen LogP contribution in [0, 0.1) is 25.7 Å². The number of carbonyl (C=O) groups excluding carboxylic acids is 1. The molecule has 0 bridgehead atoms. The molecular formula is C16H20O3. The molecule has 1 saturated carbocycles. The Morgan fingerprint density at radius 1 is 1.11 bits per heavy atom. The first-order valence-corrected chi connectivity index (χ1v) is 6.85. The van der Waals surface area contributed by atoms with Crippen molar-refractivity contribution in [3.63, 3.8) is 0 Å². The van der Waals surface area contributed by atoms with Crippen LogP contribution in [0.2, 0.25) is 0 Å². The third-order valence-corrected chi connectivity index (χ3v) is 4.08. The van der Waals surface area contributed by atoms with Gasteiger partial charge in [0.1, 0.15) is 0 Å². The van der Waals surface area contributed by atoms with Crippen LogP contribution in [0.3, 0.4) is 0 Å². The van der Waals surface area contributed by atoms with Gasteiger partial charge in [-0.15, -0.1) is 0 Å². The van der Waals surface area contributed by atoms with Crippen molar-refractivity contribution in [2.24, 2.45) is 11.8 Å². The Hall–Kier alpha value is -1.64. The van der Waals surface area contributed by atoms with Crippen LogP contribution in [0.5, 0.6) is 0 Å². The van der Waals surface area contributed by atoms with E-state index >= 15 is 0 Å². The quantitative estimate of drug-likeness (QED) is 0.848. The predicted molar refractivity (Wildman–Crippen MR) is 73.3 cm³/mol. The molecule has 0 amide bonds. The normalized spacial score (nSPS) is 23.1. The number of carbonyl (C=O) groups is 2. The minimum absolute atomic E-state index is 0.00769. The largest absolute Gasteiger partial charge is 0.481 e. The number of carboxylic acids is 1. The van der Waals surface area contributed by atoms with Gasteiger partial charge in [-0.2, -0.15) is 0 Å². The first-order chi connectivity index (χ1) is 9.00. The van der Waals surface area contributed by atoms with Crippen LogP contribution >= 0.6 is 0 Å². The number of rotatable bonds is 3. The number of carboxylic acid groups (broad SMARTS) is 1. The molecule has 1 aliphatic carbocycles. The number of Topliss-reactive ketones (excluding diaryl/α,β-unsaturated/α-hetero) is 1. The van der Waals surface area contributed by atoms with Gasteiger partial charge < -0.3 is 5.11 Å². The lowest BCUT2D eigenvalue weighted by atomic mass is 9.75. The summed E-state index contributed by atoms with van der Waals surface area (Å²) in [5.41, 5.74) is 2.67. The van der Waals surface area contributed by atoms with Gasteiger partial charge >= 0.3 is 5.97 Å². The first kappa shape index (κ1) is 13.8. The van der Waals surface area contributed by atoms with E-state index in [1.807, 2.05) is 32.0 Å². The van der Waals surface area contributed by atoms with E-state index in [4.69, 9.17) is 0 Å². The molecule has 19 heavy (non-hydrogen) atoms. The first-order valence-electron chi connectivity index (χ1n) is 6.85. The fourth-order valence-electron chi connectivity index (χ4n) is 2.94. The molecule has 0 aliphatic heterocycles. The molecule has 1 N–H and O–H groups in total. The summed E-state index contributed by atoms with van der Waals surface area (Å²) in [6, 6.07) is 5.79. The van der Waals surface area contributed by atoms with E-state index in [0.29, 0.717) is 18.4 Å². The second-order valence-corrected chi connectivity index (χ2v) is 5.52. The minimum atomic E-state index is -0.830. The van der Waals surface area contributed by atoms with Gasteiger partial charge in [0, 0.05) is 11.5 Å². The van der Waals surface area contributed by atoms with Crippen molar-refractivity contribution in [1.29, 1.82) is 0 Å². The highest BCUT2D eigenvalue weighted by Crippen LogP contribution is 2.33. The smallest absolute Gasteiger partial charge is 0.307 e. The number of aliphatic carboxylic acids is 1. The van der Waals surface area contributed by atoms with Crippen molar-refractivity contribution in [1.82, 2.24) is 0 Å². The van der Waals surface area contributed by atoms with Gasteiger partial charge in [-0.25, -0.2) is 0 Å². The SMILES string of the molecule is Cc1ccc(C)c(C(=O)[C@@H]2CCCC[C@@H]2C(=O)O)c1. The maximum atomic E-state index is 12.6. The molecule has 1 aliphatic rings. The van der Waals surface area contributed by atoms with Gasteiger partial charge in [-0.05, 0) is 38.3 Å². The van der Waals surface area contributed by atoms with Crippen LogP contribution in [-0.2, 0) is 4.79 Å². The summed E-state index contributed by atoms with van der Waals surface area (Å²) in [6.07, 6.45) is 3.18. The Balaban J connectivity index is 2.31. The van der Waals surface area contributed by atoms with Crippen LogP contribution in [0.1, 0.15) is 47.2 Å². The second kappa shape index (κ2) is 5.55. The molecule has 102 valence electrons. The lowest BCUT2D eigenvalue weighted by Gasteiger charge is -2.27. The Morgan fingerprint density at radius 2 is 1.74 bits per heavy atom. The van der Waals surface area contributed by atoms with E-state index in [-0.39, 0.29) is 11.7 Å². The third kappa shape index (κ3) is 2.86. The van der Waals surface area contributed by atoms with Crippen molar-refractivity contribution < 1.29 is 14.7 Å². The number of hydrogen-bond donors (Lipinski definition) is 1. The standard InChI is InChI=1S/C16H20O3/c1-10-7-8-11(2)14(9-10)15(17)12-5-3-4-6-13(12)16(18)19/h7-9,12-13H,3-6H2,1-2H3,(H,18,19)/t12-,13+/m1/s1. The average molecular weight is 260 g/mol. The van der Waals surface area contributed by atoms with E-state index in [1.165, 1.54) is 0 Å². The van der Waals surface area contributed by atoms with Crippen LogP contribution < -0.4 is 0 Å². The molecule has 1 aromatic rings. The van der Waals surface area contributed by atoms with E-state index in [1.54, 1.807) is 0 Å². The molecule has 1 fully saturated rings. The van der Waals surface area contributed by atoms with Gasteiger partial charge in [0.05, 0.1) is 5.92 Å². The summed E-state index contributed by atoms with van der Waals surface area (Å²) in [5.74, 6) is -1.69. The van der Waals surface area contributed by atoms with Crippen molar-refractivity contribution in [3.05, 3.63) is 34.9 Å². The molecule has 2 rings (SSSR count). The molecule has 2 atom stereocenters. The predicted octanol–water partition coefficient (Wildman–Crippen LogP) is 3.38. The minimum Gasteiger partial charge on any atom is -0.481 e. The third-order valence-electron chi connectivity index (χ3n) is 4.08. The summed E-state index contributed by atoms with van der Waals surface area (Å²) in [5, 5.41) is 9.28. The Labute approximate surface area is 113 Å². The van der Waals surface area contributed by atoms with Crippen LogP contribution in [0.25, 0.3) is 0 Å². The van der Waals surface area contributed by atoms with Crippen LogP contribution in [-0.4, -0.2) is 16.9 Å². The zero-order valence-electron chi connectivity index (χ0n) is 11.5. The molecule has 0 unspecified atom stereocenters. The maximum absolute atomic E-state index is 12.6. The Bertz CT molecular complexity index is 505. The number of benzene rings is 1. The van der Waals surface area contributed by atoms with Gasteiger partial charge in [0.2, 0.25) is 0 Å². The fraction of sp³-hybridized carbons (Fsp3) is 0.500. The average Bonchev–Trinajstić information content (AvgIpc) is 2.40. The number of hydrogen-bond acceptors (Lipinski definition) is 2. The summed E-state index contributed by atoms with van der Waals surface area (Å²) >= 11 is 0. The molecule has 0 heterocycles. The van der Waals surface area contributed by atoms with Gasteiger partial charge in [-0.3, -0.25) is 9.59 Å². The zero-order chi connectivity index (χ0) is 14.0. The topological polar surface area (TPSA) is 54.4 Å². The van der Waals surface area contributed by atoms with E-state index < -0.39 is 11.9 Å². The lowest BCUT2D eigenvalue weighted by molar-refractivity contribution is -0.144. The molecule has 3 heteroatoms. The summed E-state index contributed by atoms with van der Waals surface area (Å²) in [6.45, 7) is 3.86.